The molecule has 98 valence electrons. The molecule has 0 atom stereocenters. The average molecular weight is 239 g/mol. The fourth-order valence-corrected chi connectivity index (χ4v) is 2.72. The third-order valence-electron chi connectivity index (χ3n) is 4.07. The molecule has 17 heavy (non-hydrogen) atoms. The number of hydrogen-bond donors (Lipinski definition) is 1. The maximum absolute atomic E-state index is 12.1. The molecule has 2 aliphatic rings. The van der Waals surface area contributed by atoms with Crippen molar-refractivity contribution in [3.8, 4) is 0 Å². The summed E-state index contributed by atoms with van der Waals surface area (Å²) in [6, 6.07) is 0. The standard InChI is InChI=1S/C14H25NO2/c1-14(10-17-11-14)9-15-13(16)12-7-5-3-2-4-6-8-12/h12H,2-11H2,1H3,(H,15,16). The fourth-order valence-electron chi connectivity index (χ4n) is 2.72. The van der Waals surface area contributed by atoms with Gasteiger partial charge in [-0.05, 0) is 12.8 Å². The molecular formula is C14H25NO2. The van der Waals surface area contributed by atoms with Crippen molar-refractivity contribution in [3.05, 3.63) is 0 Å². The molecular weight excluding hydrogens is 214 g/mol. The summed E-state index contributed by atoms with van der Waals surface area (Å²) in [6.07, 6.45) is 8.56. The van der Waals surface area contributed by atoms with Gasteiger partial charge in [0.05, 0.1) is 13.2 Å². The third-order valence-corrected chi connectivity index (χ3v) is 4.07. The molecule has 2 rings (SSSR count). The van der Waals surface area contributed by atoms with Crippen LogP contribution in [0.15, 0.2) is 0 Å². The van der Waals surface area contributed by atoms with E-state index in [0.717, 1.165) is 32.6 Å². The zero-order chi connectivity index (χ0) is 12.1. The Morgan fingerprint density at radius 1 is 1.18 bits per heavy atom. The first kappa shape index (κ1) is 12.9. The van der Waals surface area contributed by atoms with E-state index in [4.69, 9.17) is 4.74 Å². The van der Waals surface area contributed by atoms with Crippen LogP contribution in [0.3, 0.4) is 0 Å². The minimum atomic E-state index is 0.192. The molecule has 3 nitrogen and oxygen atoms in total. The van der Waals surface area contributed by atoms with E-state index in [1.165, 1.54) is 32.1 Å². The molecule has 0 spiro atoms. The van der Waals surface area contributed by atoms with Crippen LogP contribution in [0.4, 0.5) is 0 Å². The molecule has 1 aliphatic carbocycles. The van der Waals surface area contributed by atoms with Crippen LogP contribution in [0.5, 0.6) is 0 Å². The molecule has 0 aromatic carbocycles. The van der Waals surface area contributed by atoms with Crippen LogP contribution in [-0.2, 0) is 9.53 Å². The van der Waals surface area contributed by atoms with E-state index < -0.39 is 0 Å². The molecule has 1 N–H and O–H groups in total. The van der Waals surface area contributed by atoms with Gasteiger partial charge < -0.3 is 10.1 Å². The van der Waals surface area contributed by atoms with Crippen LogP contribution >= 0.6 is 0 Å². The molecule has 1 saturated heterocycles. The van der Waals surface area contributed by atoms with Gasteiger partial charge in [-0.25, -0.2) is 0 Å². The summed E-state index contributed by atoms with van der Waals surface area (Å²) in [5.41, 5.74) is 0.192. The summed E-state index contributed by atoms with van der Waals surface area (Å²) in [5.74, 6) is 0.542. The van der Waals surface area contributed by atoms with Crippen molar-refractivity contribution < 1.29 is 9.53 Å². The number of rotatable bonds is 3. The number of carbonyl (C=O) groups excluding carboxylic acids is 1. The molecule has 0 radical (unpaired) electrons. The van der Waals surface area contributed by atoms with Gasteiger partial charge in [-0.1, -0.05) is 39.0 Å². The number of carbonyl (C=O) groups is 1. The quantitative estimate of drug-likeness (QED) is 0.821. The third kappa shape index (κ3) is 3.70. The zero-order valence-corrected chi connectivity index (χ0v) is 11.0. The first-order chi connectivity index (χ1) is 8.20. The van der Waals surface area contributed by atoms with Crippen LogP contribution < -0.4 is 5.32 Å². The van der Waals surface area contributed by atoms with Crippen LogP contribution in [0.2, 0.25) is 0 Å². The van der Waals surface area contributed by atoms with Crippen LogP contribution in [-0.4, -0.2) is 25.7 Å². The van der Waals surface area contributed by atoms with E-state index >= 15 is 0 Å². The maximum Gasteiger partial charge on any atom is 0.223 e. The van der Waals surface area contributed by atoms with Crippen LogP contribution in [0, 0.1) is 11.3 Å². The van der Waals surface area contributed by atoms with E-state index in [1.807, 2.05) is 0 Å². The minimum absolute atomic E-state index is 0.192. The van der Waals surface area contributed by atoms with Crippen molar-refractivity contribution >= 4 is 5.91 Å². The minimum Gasteiger partial charge on any atom is -0.380 e. The molecule has 3 heteroatoms. The van der Waals surface area contributed by atoms with E-state index in [1.54, 1.807) is 0 Å². The maximum atomic E-state index is 12.1. The van der Waals surface area contributed by atoms with Gasteiger partial charge in [0, 0.05) is 17.9 Å². The number of hydrogen-bond acceptors (Lipinski definition) is 2. The predicted molar refractivity (Wildman–Crippen MR) is 67.7 cm³/mol. The molecule has 1 amide bonds. The number of amides is 1. The molecule has 0 unspecified atom stereocenters. The predicted octanol–water partition coefficient (Wildman–Crippen LogP) is 2.50. The molecule has 2 fully saturated rings. The SMILES string of the molecule is CC1(CNC(=O)C2CCCCCCC2)COC1. The van der Waals surface area contributed by atoms with Gasteiger partial charge in [0.1, 0.15) is 0 Å². The molecule has 1 aliphatic heterocycles. The topological polar surface area (TPSA) is 38.3 Å². The first-order valence-electron chi connectivity index (χ1n) is 7.05. The van der Waals surface area contributed by atoms with Gasteiger partial charge in [-0.2, -0.15) is 0 Å². The molecule has 1 heterocycles. The van der Waals surface area contributed by atoms with Crippen molar-refractivity contribution in [1.82, 2.24) is 5.32 Å². The highest BCUT2D eigenvalue weighted by Crippen LogP contribution is 2.26. The Hall–Kier alpha value is -0.570. The van der Waals surface area contributed by atoms with Crippen molar-refractivity contribution in [1.29, 1.82) is 0 Å². The fraction of sp³-hybridized carbons (Fsp3) is 0.929. The van der Waals surface area contributed by atoms with Gasteiger partial charge in [-0.3, -0.25) is 4.79 Å². The smallest absolute Gasteiger partial charge is 0.223 e. The van der Waals surface area contributed by atoms with Gasteiger partial charge in [0.15, 0.2) is 0 Å². The van der Waals surface area contributed by atoms with E-state index in [2.05, 4.69) is 12.2 Å². The Kier molecular flexibility index (Phi) is 4.43. The summed E-state index contributed by atoms with van der Waals surface area (Å²) in [4.78, 5) is 12.1. The van der Waals surface area contributed by atoms with E-state index in [0.29, 0.717) is 0 Å². The molecule has 0 aromatic rings. The van der Waals surface area contributed by atoms with Crippen molar-refractivity contribution in [2.45, 2.75) is 51.9 Å². The monoisotopic (exact) mass is 239 g/mol. The highest BCUT2D eigenvalue weighted by Gasteiger charge is 2.34. The van der Waals surface area contributed by atoms with Gasteiger partial charge in [0.2, 0.25) is 5.91 Å². The lowest BCUT2D eigenvalue weighted by atomic mass is 9.87. The Labute approximate surface area is 104 Å². The average Bonchev–Trinajstić information content (AvgIpc) is 2.23. The van der Waals surface area contributed by atoms with Gasteiger partial charge in [0.25, 0.3) is 0 Å². The summed E-state index contributed by atoms with van der Waals surface area (Å²) in [5, 5.41) is 3.12. The molecule has 1 saturated carbocycles. The highest BCUT2D eigenvalue weighted by molar-refractivity contribution is 5.78. The summed E-state index contributed by atoms with van der Waals surface area (Å²) in [7, 11) is 0. The normalized spacial score (nSPS) is 25.5. The second-order valence-electron chi connectivity index (χ2n) is 6.06. The first-order valence-corrected chi connectivity index (χ1v) is 7.05. The number of ether oxygens (including phenoxy) is 1. The zero-order valence-electron chi connectivity index (χ0n) is 11.0. The van der Waals surface area contributed by atoms with Crippen molar-refractivity contribution in [2.75, 3.05) is 19.8 Å². The van der Waals surface area contributed by atoms with Crippen molar-refractivity contribution in [3.63, 3.8) is 0 Å². The Balaban J connectivity index is 1.73. The molecule has 0 aromatic heterocycles. The largest absolute Gasteiger partial charge is 0.380 e. The summed E-state index contributed by atoms with van der Waals surface area (Å²) >= 11 is 0. The lowest BCUT2D eigenvalue weighted by Gasteiger charge is -2.38. The lowest BCUT2D eigenvalue weighted by Crippen LogP contribution is -2.49. The Morgan fingerprint density at radius 2 is 1.76 bits per heavy atom. The Bertz CT molecular complexity index is 253. The Morgan fingerprint density at radius 3 is 2.29 bits per heavy atom. The number of nitrogens with one attached hydrogen (secondary N) is 1. The van der Waals surface area contributed by atoms with Gasteiger partial charge in [-0.15, -0.1) is 0 Å². The van der Waals surface area contributed by atoms with Crippen molar-refractivity contribution in [2.24, 2.45) is 11.3 Å². The molecule has 0 bridgehead atoms. The van der Waals surface area contributed by atoms with E-state index in [9.17, 15) is 4.79 Å². The van der Waals surface area contributed by atoms with E-state index in [-0.39, 0.29) is 17.2 Å². The van der Waals surface area contributed by atoms with Crippen LogP contribution in [0.25, 0.3) is 0 Å². The second kappa shape index (κ2) is 5.85. The van der Waals surface area contributed by atoms with Gasteiger partial charge >= 0.3 is 0 Å². The summed E-state index contributed by atoms with van der Waals surface area (Å²) < 4.78 is 5.20. The highest BCUT2D eigenvalue weighted by atomic mass is 16.5. The van der Waals surface area contributed by atoms with Crippen LogP contribution in [0.1, 0.15) is 51.9 Å². The lowest BCUT2D eigenvalue weighted by molar-refractivity contribution is -0.130. The summed E-state index contributed by atoms with van der Waals surface area (Å²) in [6.45, 7) is 4.53. The second-order valence-corrected chi connectivity index (χ2v) is 6.06.